The molecule has 0 unspecified atom stereocenters. The Hall–Kier alpha value is -2.66. The normalized spacial score (nSPS) is 11.8. The number of aryl methyl sites for hydroxylation is 1. The lowest BCUT2D eigenvalue weighted by molar-refractivity contribution is -0.123. The van der Waals surface area contributed by atoms with Crippen molar-refractivity contribution in [1.29, 1.82) is 0 Å². The average Bonchev–Trinajstić information content (AvgIpc) is 2.62. The molecule has 0 radical (unpaired) electrons. The third kappa shape index (κ3) is 6.69. The average molecular weight is 353 g/mol. The zero-order valence-electron chi connectivity index (χ0n) is 15.7. The molecule has 2 aromatic rings. The summed E-state index contributed by atoms with van der Waals surface area (Å²) in [6.45, 7) is 5.00. The molecule has 138 valence electrons. The zero-order valence-corrected chi connectivity index (χ0v) is 15.7. The van der Waals surface area contributed by atoms with Crippen molar-refractivity contribution in [2.75, 3.05) is 32.0 Å². The highest BCUT2D eigenvalue weighted by Crippen LogP contribution is 2.13. The lowest BCUT2D eigenvalue weighted by atomic mass is 10.0. The van der Waals surface area contributed by atoms with Crippen LogP contribution in [0.2, 0.25) is 0 Å². The van der Waals surface area contributed by atoms with Gasteiger partial charge >= 0.3 is 0 Å². The summed E-state index contributed by atoms with van der Waals surface area (Å²) < 4.78 is 0. The molecule has 5 nitrogen and oxygen atoms in total. The predicted molar refractivity (Wildman–Crippen MR) is 105 cm³/mol. The molecule has 0 aliphatic heterocycles. The van der Waals surface area contributed by atoms with Gasteiger partial charge in [-0.15, -0.1) is 0 Å². The Balaban J connectivity index is 1.71. The van der Waals surface area contributed by atoms with E-state index in [0.717, 1.165) is 11.3 Å². The Morgan fingerprint density at radius 3 is 2.23 bits per heavy atom. The highest BCUT2D eigenvalue weighted by Gasteiger charge is 2.12. The Kier molecular flexibility index (Phi) is 7.36. The van der Waals surface area contributed by atoms with Crippen molar-refractivity contribution in [3.05, 3.63) is 65.7 Å². The molecule has 0 aliphatic carbocycles. The third-order valence-electron chi connectivity index (χ3n) is 4.14. The van der Waals surface area contributed by atoms with Gasteiger partial charge in [-0.05, 0) is 37.6 Å². The fraction of sp³-hybridized carbons (Fsp3) is 0.333. The van der Waals surface area contributed by atoms with Crippen molar-refractivity contribution < 1.29 is 9.59 Å². The fourth-order valence-corrected chi connectivity index (χ4v) is 2.61. The first kappa shape index (κ1) is 19.7. The van der Waals surface area contributed by atoms with E-state index in [0.29, 0.717) is 6.54 Å². The van der Waals surface area contributed by atoms with Gasteiger partial charge in [0.1, 0.15) is 0 Å². The first-order chi connectivity index (χ1) is 12.4. The molecule has 5 heteroatoms. The maximum atomic E-state index is 12.1. The molecule has 0 bridgehead atoms. The molecule has 0 heterocycles. The summed E-state index contributed by atoms with van der Waals surface area (Å²) in [5, 5.41) is 5.76. The van der Waals surface area contributed by atoms with Crippen LogP contribution >= 0.6 is 0 Å². The van der Waals surface area contributed by atoms with E-state index in [1.807, 2.05) is 49.4 Å². The minimum absolute atomic E-state index is 0.0848. The number of anilines is 1. The van der Waals surface area contributed by atoms with E-state index in [4.69, 9.17) is 0 Å². The number of nitrogens with zero attached hydrogens (tertiary/aromatic N) is 1. The van der Waals surface area contributed by atoms with Gasteiger partial charge in [-0.2, -0.15) is 0 Å². The summed E-state index contributed by atoms with van der Waals surface area (Å²) in [6.07, 6.45) is 0. The molecule has 26 heavy (non-hydrogen) atoms. The molecule has 0 aromatic heterocycles. The van der Waals surface area contributed by atoms with E-state index < -0.39 is 0 Å². The minimum Gasteiger partial charge on any atom is -0.354 e. The van der Waals surface area contributed by atoms with Gasteiger partial charge in [0.2, 0.25) is 11.8 Å². The monoisotopic (exact) mass is 353 g/mol. The molecular formula is C21H27N3O2. The third-order valence-corrected chi connectivity index (χ3v) is 4.14. The summed E-state index contributed by atoms with van der Waals surface area (Å²) in [5.41, 5.74) is 3.09. The summed E-state index contributed by atoms with van der Waals surface area (Å²) in [4.78, 5) is 25.8. The lowest BCUT2D eigenvalue weighted by Gasteiger charge is -2.17. The Bertz CT molecular complexity index is 714. The van der Waals surface area contributed by atoms with Crippen LogP contribution in [-0.2, 0) is 9.59 Å². The second kappa shape index (κ2) is 9.73. The van der Waals surface area contributed by atoms with E-state index in [1.54, 1.807) is 11.9 Å². The number of rotatable bonds is 8. The summed E-state index contributed by atoms with van der Waals surface area (Å²) in [7, 11) is 1.76. The first-order valence-electron chi connectivity index (χ1n) is 8.80. The number of amides is 2. The van der Waals surface area contributed by atoms with Gasteiger partial charge in [0, 0.05) is 12.2 Å². The first-order valence-corrected chi connectivity index (χ1v) is 8.80. The highest BCUT2D eigenvalue weighted by atomic mass is 16.2. The Labute approximate surface area is 155 Å². The molecule has 2 rings (SSSR count). The van der Waals surface area contributed by atoms with Gasteiger partial charge in [-0.25, -0.2) is 0 Å². The number of carbonyl (C=O) groups excluding carboxylic acids is 2. The molecule has 2 amide bonds. The van der Waals surface area contributed by atoms with Crippen molar-refractivity contribution in [3.8, 4) is 0 Å². The summed E-state index contributed by atoms with van der Waals surface area (Å²) in [5.74, 6) is 0.0236. The van der Waals surface area contributed by atoms with Gasteiger partial charge < -0.3 is 10.6 Å². The van der Waals surface area contributed by atoms with Crippen LogP contribution in [0.4, 0.5) is 5.69 Å². The van der Waals surface area contributed by atoms with Gasteiger partial charge in [-0.3, -0.25) is 14.5 Å². The number of hydrogen-bond acceptors (Lipinski definition) is 3. The molecule has 0 aliphatic rings. The molecule has 2 aromatic carbocycles. The smallest absolute Gasteiger partial charge is 0.238 e. The molecule has 0 saturated carbocycles. The molecule has 2 N–H and O–H groups in total. The summed E-state index contributed by atoms with van der Waals surface area (Å²) in [6, 6.07) is 17.7. The maximum absolute atomic E-state index is 12.1. The number of benzene rings is 2. The van der Waals surface area contributed by atoms with E-state index in [9.17, 15) is 9.59 Å². The van der Waals surface area contributed by atoms with Crippen molar-refractivity contribution >= 4 is 17.5 Å². The Morgan fingerprint density at radius 1 is 0.962 bits per heavy atom. The van der Waals surface area contributed by atoms with Crippen LogP contribution in [0.1, 0.15) is 24.0 Å². The molecule has 0 spiro atoms. The SMILES string of the molecule is Cc1ccc(NC(=O)CN(C)CC(=O)NC[C@H](C)c2ccccc2)cc1. The fourth-order valence-electron chi connectivity index (χ4n) is 2.61. The topological polar surface area (TPSA) is 61.4 Å². The summed E-state index contributed by atoms with van der Waals surface area (Å²) >= 11 is 0. The number of likely N-dealkylation sites (N-methyl/N-ethyl adjacent to an activating group) is 1. The number of carbonyl (C=O) groups is 2. The van der Waals surface area contributed by atoms with Gasteiger partial charge in [-0.1, -0.05) is 55.0 Å². The van der Waals surface area contributed by atoms with Gasteiger partial charge in [0.25, 0.3) is 0 Å². The number of hydrogen-bond donors (Lipinski definition) is 2. The highest BCUT2D eigenvalue weighted by molar-refractivity contribution is 5.92. The zero-order chi connectivity index (χ0) is 18.9. The minimum atomic E-state index is -0.137. The van der Waals surface area contributed by atoms with Crippen LogP contribution in [0.25, 0.3) is 0 Å². The lowest BCUT2D eigenvalue weighted by Crippen LogP contribution is -2.39. The van der Waals surface area contributed by atoms with Crippen molar-refractivity contribution in [2.45, 2.75) is 19.8 Å². The van der Waals surface area contributed by atoms with Crippen LogP contribution in [0.5, 0.6) is 0 Å². The van der Waals surface area contributed by atoms with E-state index in [-0.39, 0.29) is 30.8 Å². The molecule has 0 saturated heterocycles. The van der Waals surface area contributed by atoms with Crippen molar-refractivity contribution in [2.24, 2.45) is 0 Å². The molecular weight excluding hydrogens is 326 g/mol. The van der Waals surface area contributed by atoms with E-state index >= 15 is 0 Å². The molecule has 1 atom stereocenters. The van der Waals surface area contributed by atoms with Crippen LogP contribution in [0, 0.1) is 6.92 Å². The van der Waals surface area contributed by atoms with Crippen LogP contribution in [-0.4, -0.2) is 43.4 Å². The second-order valence-electron chi connectivity index (χ2n) is 6.70. The molecule has 0 fully saturated rings. The van der Waals surface area contributed by atoms with E-state index in [1.165, 1.54) is 5.56 Å². The maximum Gasteiger partial charge on any atom is 0.238 e. The Morgan fingerprint density at radius 2 is 1.58 bits per heavy atom. The van der Waals surface area contributed by atoms with Crippen molar-refractivity contribution in [3.63, 3.8) is 0 Å². The largest absolute Gasteiger partial charge is 0.354 e. The van der Waals surface area contributed by atoms with Crippen LogP contribution in [0.15, 0.2) is 54.6 Å². The van der Waals surface area contributed by atoms with E-state index in [2.05, 4.69) is 29.7 Å². The quantitative estimate of drug-likeness (QED) is 0.767. The van der Waals surface area contributed by atoms with Gasteiger partial charge in [0.15, 0.2) is 0 Å². The number of nitrogens with one attached hydrogen (secondary N) is 2. The van der Waals surface area contributed by atoms with Gasteiger partial charge in [0.05, 0.1) is 13.1 Å². The van der Waals surface area contributed by atoms with Crippen LogP contribution in [0.3, 0.4) is 0 Å². The standard InChI is InChI=1S/C21H27N3O2/c1-16-9-11-19(12-10-16)23-21(26)15-24(3)14-20(25)22-13-17(2)18-7-5-4-6-8-18/h4-12,17H,13-15H2,1-3H3,(H,22,25)(H,23,26)/t17-/m0/s1. The van der Waals surface area contributed by atoms with Crippen molar-refractivity contribution in [1.82, 2.24) is 10.2 Å². The second-order valence-corrected chi connectivity index (χ2v) is 6.70. The van der Waals surface area contributed by atoms with Crippen LogP contribution < -0.4 is 10.6 Å². The predicted octanol–water partition coefficient (Wildman–Crippen LogP) is 2.79.